The second-order valence-corrected chi connectivity index (χ2v) is 7.86. The Bertz CT molecular complexity index is 1020. The van der Waals surface area contributed by atoms with Gasteiger partial charge in [0.15, 0.2) is 5.17 Å². The molecular weight excluding hydrogens is 379 g/mol. The van der Waals surface area contributed by atoms with Gasteiger partial charge in [-0.15, -0.1) is 0 Å². The molecule has 0 radical (unpaired) electrons. The van der Waals surface area contributed by atoms with Gasteiger partial charge in [0.05, 0.1) is 5.70 Å². The number of amides is 2. The van der Waals surface area contributed by atoms with Crippen LogP contribution in [-0.4, -0.2) is 27.5 Å². The summed E-state index contributed by atoms with van der Waals surface area (Å²) in [5, 5.41) is 5.57. The zero-order chi connectivity index (χ0) is 19.9. The van der Waals surface area contributed by atoms with Crippen LogP contribution in [0.2, 0.25) is 0 Å². The van der Waals surface area contributed by atoms with Crippen LogP contribution in [0.3, 0.4) is 0 Å². The van der Waals surface area contributed by atoms with Crippen molar-refractivity contribution in [3.8, 4) is 0 Å². The van der Waals surface area contributed by atoms with E-state index in [0.717, 1.165) is 5.56 Å². The van der Waals surface area contributed by atoms with Crippen molar-refractivity contribution in [2.24, 2.45) is 4.99 Å². The van der Waals surface area contributed by atoms with Gasteiger partial charge in [-0.2, -0.15) is 4.99 Å². The van der Waals surface area contributed by atoms with Crippen LogP contribution in [0.5, 0.6) is 0 Å². The fraction of sp³-hybridized carbons (Fsp3) is 0.150. The zero-order valence-electron chi connectivity index (χ0n) is 15.2. The van der Waals surface area contributed by atoms with Crippen molar-refractivity contribution in [2.45, 2.75) is 19.4 Å². The Morgan fingerprint density at radius 2 is 1.82 bits per heavy atom. The SMILES string of the molecule is CC1(C)NN2C(=NC1=O)SC(NC(=O)c1ccc(F)cc1)=C2c1ccccc1. The minimum Gasteiger partial charge on any atom is -0.314 e. The zero-order valence-corrected chi connectivity index (χ0v) is 16.0. The minimum absolute atomic E-state index is 0.287. The highest BCUT2D eigenvalue weighted by Crippen LogP contribution is 2.40. The first kappa shape index (κ1) is 18.4. The maximum absolute atomic E-state index is 13.1. The Morgan fingerprint density at radius 1 is 1.14 bits per heavy atom. The molecule has 2 aromatic carbocycles. The number of hydrogen-bond acceptors (Lipinski definition) is 5. The molecule has 0 saturated carbocycles. The van der Waals surface area contributed by atoms with E-state index >= 15 is 0 Å². The summed E-state index contributed by atoms with van der Waals surface area (Å²) in [5.41, 5.74) is 4.18. The van der Waals surface area contributed by atoms with E-state index in [1.54, 1.807) is 18.9 Å². The average molecular weight is 396 g/mol. The Kier molecular flexibility index (Phi) is 4.52. The van der Waals surface area contributed by atoms with Gasteiger partial charge >= 0.3 is 0 Å². The predicted molar refractivity (Wildman–Crippen MR) is 106 cm³/mol. The smallest absolute Gasteiger partial charge is 0.269 e. The Morgan fingerprint density at radius 3 is 2.50 bits per heavy atom. The molecule has 0 aromatic heterocycles. The van der Waals surface area contributed by atoms with Crippen LogP contribution >= 0.6 is 11.8 Å². The first-order valence-corrected chi connectivity index (χ1v) is 9.42. The van der Waals surface area contributed by atoms with E-state index in [2.05, 4.69) is 15.7 Å². The molecule has 2 aliphatic heterocycles. The van der Waals surface area contributed by atoms with E-state index in [-0.39, 0.29) is 11.8 Å². The number of nitrogens with zero attached hydrogens (tertiary/aromatic N) is 2. The number of fused-ring (bicyclic) bond motifs is 1. The topological polar surface area (TPSA) is 73.8 Å². The number of hydrogen-bond donors (Lipinski definition) is 2. The van der Waals surface area contributed by atoms with E-state index in [9.17, 15) is 14.0 Å². The van der Waals surface area contributed by atoms with Crippen molar-refractivity contribution >= 4 is 34.4 Å². The summed E-state index contributed by atoms with van der Waals surface area (Å²) in [7, 11) is 0. The van der Waals surface area contributed by atoms with Crippen LogP contribution in [-0.2, 0) is 4.79 Å². The lowest BCUT2D eigenvalue weighted by atomic mass is 10.1. The molecule has 2 amide bonds. The molecule has 0 atom stereocenters. The van der Waals surface area contributed by atoms with Crippen LogP contribution in [0.25, 0.3) is 5.70 Å². The number of benzene rings is 2. The lowest BCUT2D eigenvalue weighted by Crippen LogP contribution is -2.58. The fourth-order valence-corrected chi connectivity index (χ4v) is 3.82. The molecule has 2 aliphatic rings. The highest BCUT2D eigenvalue weighted by Gasteiger charge is 2.42. The number of halogens is 1. The van der Waals surface area contributed by atoms with Crippen molar-refractivity contribution < 1.29 is 14.0 Å². The van der Waals surface area contributed by atoms with Gasteiger partial charge in [0, 0.05) is 11.1 Å². The molecule has 8 heteroatoms. The summed E-state index contributed by atoms with van der Waals surface area (Å²) in [6.45, 7) is 3.50. The number of amidine groups is 1. The lowest BCUT2D eigenvalue weighted by Gasteiger charge is -2.35. The molecule has 2 heterocycles. The molecular formula is C20H17FN4O2S. The summed E-state index contributed by atoms with van der Waals surface area (Å²) >= 11 is 1.19. The van der Waals surface area contributed by atoms with E-state index < -0.39 is 11.4 Å². The summed E-state index contributed by atoms with van der Waals surface area (Å²) in [5.74, 6) is -1.07. The molecule has 0 fully saturated rings. The van der Waals surface area contributed by atoms with Crippen LogP contribution in [0.1, 0.15) is 29.8 Å². The average Bonchev–Trinajstić information content (AvgIpc) is 2.99. The van der Waals surface area contributed by atoms with Gasteiger partial charge in [0.2, 0.25) is 0 Å². The highest BCUT2D eigenvalue weighted by atomic mass is 32.2. The molecule has 0 aliphatic carbocycles. The van der Waals surface area contributed by atoms with Gasteiger partial charge in [-0.1, -0.05) is 30.3 Å². The molecule has 142 valence electrons. The van der Waals surface area contributed by atoms with E-state index in [4.69, 9.17) is 0 Å². The molecule has 2 aromatic rings. The number of hydrazine groups is 1. The minimum atomic E-state index is -0.874. The highest BCUT2D eigenvalue weighted by molar-refractivity contribution is 8.17. The largest absolute Gasteiger partial charge is 0.314 e. The summed E-state index contributed by atoms with van der Waals surface area (Å²) in [6, 6.07) is 14.8. The Balaban J connectivity index is 1.73. The fourth-order valence-electron chi connectivity index (χ4n) is 2.83. The van der Waals surface area contributed by atoms with Gasteiger partial charge < -0.3 is 5.32 Å². The first-order valence-electron chi connectivity index (χ1n) is 8.61. The van der Waals surface area contributed by atoms with Gasteiger partial charge in [-0.25, -0.2) is 14.8 Å². The molecule has 0 saturated heterocycles. The molecule has 0 spiro atoms. The number of nitrogens with one attached hydrogen (secondary N) is 2. The van der Waals surface area contributed by atoms with Gasteiger partial charge in [-0.3, -0.25) is 9.59 Å². The maximum atomic E-state index is 13.1. The molecule has 0 bridgehead atoms. The second kappa shape index (κ2) is 6.88. The van der Waals surface area contributed by atoms with Gasteiger partial charge in [0.25, 0.3) is 11.8 Å². The molecule has 4 rings (SSSR count). The number of thioether (sulfide) groups is 1. The van der Waals surface area contributed by atoms with Crippen molar-refractivity contribution in [3.05, 3.63) is 76.6 Å². The van der Waals surface area contributed by atoms with Crippen LogP contribution in [0.15, 0.2) is 64.6 Å². The number of rotatable bonds is 3. The lowest BCUT2D eigenvalue weighted by molar-refractivity contribution is -0.124. The summed E-state index contributed by atoms with van der Waals surface area (Å²) < 4.78 is 13.1. The third-order valence-electron chi connectivity index (χ3n) is 4.33. The molecule has 2 N–H and O–H groups in total. The quantitative estimate of drug-likeness (QED) is 0.834. The Labute approximate surface area is 165 Å². The molecule has 6 nitrogen and oxygen atoms in total. The van der Waals surface area contributed by atoms with Crippen LogP contribution in [0, 0.1) is 5.82 Å². The van der Waals surface area contributed by atoms with E-state index in [0.29, 0.717) is 21.5 Å². The van der Waals surface area contributed by atoms with Crippen molar-refractivity contribution in [1.82, 2.24) is 15.8 Å². The van der Waals surface area contributed by atoms with Crippen LogP contribution in [0.4, 0.5) is 4.39 Å². The van der Waals surface area contributed by atoms with Gasteiger partial charge in [-0.05, 0) is 49.9 Å². The monoisotopic (exact) mass is 396 g/mol. The number of carbonyl (C=O) groups excluding carboxylic acids is 2. The standard InChI is InChI=1S/C20H17FN4O2S/c1-20(2)18(27)23-19-25(24-20)15(12-6-4-3-5-7-12)17(28-19)22-16(26)13-8-10-14(21)11-9-13/h3-11,24H,1-2H3,(H,22,26). The van der Waals surface area contributed by atoms with Gasteiger partial charge in [0.1, 0.15) is 16.4 Å². The normalized spacial score (nSPS) is 18.0. The predicted octanol–water partition coefficient (Wildman–Crippen LogP) is 3.11. The van der Waals surface area contributed by atoms with Crippen molar-refractivity contribution in [3.63, 3.8) is 0 Å². The first-order chi connectivity index (χ1) is 13.3. The molecule has 0 unspecified atom stereocenters. The number of aliphatic imine (C=N–C) groups is 1. The summed E-state index contributed by atoms with van der Waals surface area (Å²) in [6.07, 6.45) is 0. The van der Waals surface area contributed by atoms with E-state index in [1.807, 2.05) is 30.3 Å². The third-order valence-corrected chi connectivity index (χ3v) is 5.28. The summed E-state index contributed by atoms with van der Waals surface area (Å²) in [4.78, 5) is 29.1. The second-order valence-electron chi connectivity index (χ2n) is 6.88. The van der Waals surface area contributed by atoms with Crippen LogP contribution < -0.4 is 10.7 Å². The van der Waals surface area contributed by atoms with E-state index in [1.165, 1.54) is 36.0 Å². The van der Waals surface area contributed by atoms with Crippen molar-refractivity contribution in [2.75, 3.05) is 0 Å². The number of carbonyl (C=O) groups is 2. The third kappa shape index (κ3) is 3.32. The maximum Gasteiger partial charge on any atom is 0.269 e. The molecule has 28 heavy (non-hydrogen) atoms. The Hall–Kier alpha value is -2.97. The van der Waals surface area contributed by atoms with Crippen molar-refractivity contribution in [1.29, 1.82) is 0 Å².